The maximum absolute atomic E-state index is 12.1. The second-order valence-electron chi connectivity index (χ2n) is 4.98. The number of hydrogen-bond acceptors (Lipinski definition) is 5. The van der Waals surface area contributed by atoms with E-state index in [4.69, 9.17) is 4.52 Å². The van der Waals surface area contributed by atoms with Crippen molar-refractivity contribution in [3.8, 4) is 0 Å². The zero-order valence-electron chi connectivity index (χ0n) is 12.5. The summed E-state index contributed by atoms with van der Waals surface area (Å²) in [6.07, 6.45) is 2.85. The van der Waals surface area contributed by atoms with Crippen LogP contribution in [-0.2, 0) is 24.2 Å². The lowest BCUT2D eigenvalue weighted by atomic mass is 10.2. The van der Waals surface area contributed by atoms with Gasteiger partial charge in [-0.2, -0.15) is 4.98 Å². The van der Waals surface area contributed by atoms with Crippen LogP contribution in [0.2, 0.25) is 0 Å². The third-order valence-electron chi connectivity index (χ3n) is 3.41. The van der Waals surface area contributed by atoms with Gasteiger partial charge < -0.3 is 14.2 Å². The van der Waals surface area contributed by atoms with Crippen molar-refractivity contribution in [3.63, 3.8) is 0 Å². The third-order valence-corrected chi connectivity index (χ3v) is 3.41. The molecule has 0 fully saturated rings. The number of aryl methyl sites for hydroxylation is 2. The van der Waals surface area contributed by atoms with Crippen LogP contribution >= 0.6 is 0 Å². The number of carbonyl (C=O) groups excluding carboxylic acids is 1. The van der Waals surface area contributed by atoms with Crippen LogP contribution in [0.4, 0.5) is 0 Å². The van der Waals surface area contributed by atoms with Crippen molar-refractivity contribution >= 4 is 11.6 Å². The van der Waals surface area contributed by atoms with E-state index >= 15 is 0 Å². The highest BCUT2D eigenvalue weighted by atomic mass is 16.5. The van der Waals surface area contributed by atoms with Crippen molar-refractivity contribution in [1.82, 2.24) is 24.8 Å². The molecular weight excluding hydrogens is 282 g/mol. The molecular formula is C15H17N5O2. The van der Waals surface area contributed by atoms with Crippen molar-refractivity contribution in [2.45, 2.75) is 33.2 Å². The zero-order chi connectivity index (χ0) is 15.5. The highest BCUT2D eigenvalue weighted by molar-refractivity contribution is 5.78. The standard InChI is InChI=1S/C15H17N5O2/c1-3-15-18-12(19-22-15)9-16-14(21)8-11-10(2)17-13-6-4-5-7-20(11)13/h4-7H,3,8-9H2,1-2H3,(H,16,21). The maximum Gasteiger partial charge on any atom is 0.226 e. The van der Waals surface area contributed by atoms with Gasteiger partial charge in [0.05, 0.1) is 24.4 Å². The highest BCUT2D eigenvalue weighted by Crippen LogP contribution is 2.12. The van der Waals surface area contributed by atoms with Crippen LogP contribution in [0.1, 0.15) is 30.0 Å². The summed E-state index contributed by atoms with van der Waals surface area (Å²) in [5.41, 5.74) is 2.58. The molecule has 0 bridgehead atoms. The fourth-order valence-corrected chi connectivity index (χ4v) is 2.27. The number of fused-ring (bicyclic) bond motifs is 1. The van der Waals surface area contributed by atoms with Crippen molar-refractivity contribution in [2.24, 2.45) is 0 Å². The molecule has 3 aromatic rings. The van der Waals surface area contributed by atoms with Gasteiger partial charge in [-0.25, -0.2) is 4.98 Å². The molecule has 3 heterocycles. The number of imidazole rings is 1. The van der Waals surface area contributed by atoms with Crippen molar-refractivity contribution < 1.29 is 9.32 Å². The van der Waals surface area contributed by atoms with E-state index in [2.05, 4.69) is 20.4 Å². The normalized spacial score (nSPS) is 11.0. The van der Waals surface area contributed by atoms with Crippen LogP contribution in [0.3, 0.4) is 0 Å². The molecule has 22 heavy (non-hydrogen) atoms. The molecule has 0 atom stereocenters. The van der Waals surface area contributed by atoms with Crippen LogP contribution in [-0.4, -0.2) is 25.4 Å². The molecule has 7 heteroatoms. The molecule has 114 valence electrons. The number of nitrogens with zero attached hydrogens (tertiary/aromatic N) is 4. The van der Waals surface area contributed by atoms with Gasteiger partial charge in [-0.05, 0) is 19.1 Å². The Morgan fingerprint density at radius 1 is 1.36 bits per heavy atom. The molecule has 0 unspecified atom stereocenters. The second-order valence-corrected chi connectivity index (χ2v) is 4.98. The second kappa shape index (κ2) is 5.97. The van der Waals surface area contributed by atoms with Gasteiger partial charge in [-0.15, -0.1) is 0 Å². The number of hydrogen-bond donors (Lipinski definition) is 1. The fourth-order valence-electron chi connectivity index (χ4n) is 2.27. The molecule has 0 radical (unpaired) electrons. The first kappa shape index (κ1) is 14.2. The Hall–Kier alpha value is -2.70. The molecule has 0 aliphatic rings. The van der Waals surface area contributed by atoms with E-state index in [1.54, 1.807) is 0 Å². The summed E-state index contributed by atoms with van der Waals surface area (Å²) in [5, 5.41) is 6.61. The number of aromatic nitrogens is 4. The summed E-state index contributed by atoms with van der Waals surface area (Å²) in [6.45, 7) is 4.10. The first-order valence-corrected chi connectivity index (χ1v) is 7.18. The number of amides is 1. The molecule has 3 rings (SSSR count). The summed E-state index contributed by atoms with van der Waals surface area (Å²) >= 11 is 0. The van der Waals surface area contributed by atoms with Gasteiger partial charge >= 0.3 is 0 Å². The van der Waals surface area contributed by atoms with Gasteiger partial charge in [0.1, 0.15) is 5.65 Å². The van der Waals surface area contributed by atoms with Crippen LogP contribution in [0, 0.1) is 6.92 Å². The summed E-state index contributed by atoms with van der Waals surface area (Å²) in [4.78, 5) is 20.7. The fraction of sp³-hybridized carbons (Fsp3) is 0.333. The molecule has 0 aliphatic carbocycles. The Balaban J connectivity index is 1.67. The van der Waals surface area contributed by atoms with Crippen molar-refractivity contribution in [2.75, 3.05) is 0 Å². The van der Waals surface area contributed by atoms with Gasteiger partial charge in [-0.1, -0.05) is 18.1 Å². The van der Waals surface area contributed by atoms with Gasteiger partial charge in [0.15, 0.2) is 5.82 Å². The predicted molar refractivity (Wildman–Crippen MR) is 79.2 cm³/mol. The van der Waals surface area contributed by atoms with Gasteiger partial charge in [0.25, 0.3) is 0 Å². The molecule has 0 spiro atoms. The minimum absolute atomic E-state index is 0.100. The average Bonchev–Trinajstić information content (AvgIpc) is 3.10. The third kappa shape index (κ3) is 2.83. The van der Waals surface area contributed by atoms with Crippen molar-refractivity contribution in [1.29, 1.82) is 0 Å². The summed E-state index contributed by atoms with van der Waals surface area (Å²) in [6, 6.07) is 5.76. The van der Waals surface area contributed by atoms with Crippen LogP contribution in [0.5, 0.6) is 0 Å². The SMILES string of the molecule is CCc1nc(CNC(=O)Cc2c(C)nc3ccccn23)no1. The average molecular weight is 299 g/mol. The van der Waals surface area contributed by atoms with E-state index in [1.165, 1.54) is 0 Å². The maximum atomic E-state index is 12.1. The van der Waals surface area contributed by atoms with E-state index in [0.29, 0.717) is 18.1 Å². The minimum atomic E-state index is -0.100. The number of rotatable bonds is 5. The van der Waals surface area contributed by atoms with E-state index in [1.807, 2.05) is 42.6 Å². The lowest BCUT2D eigenvalue weighted by Gasteiger charge is -2.04. The lowest BCUT2D eigenvalue weighted by Crippen LogP contribution is -2.25. The Kier molecular flexibility index (Phi) is 3.86. The lowest BCUT2D eigenvalue weighted by molar-refractivity contribution is -0.120. The van der Waals surface area contributed by atoms with E-state index in [-0.39, 0.29) is 18.9 Å². The molecule has 0 saturated carbocycles. The highest BCUT2D eigenvalue weighted by Gasteiger charge is 2.13. The zero-order valence-corrected chi connectivity index (χ0v) is 12.5. The van der Waals surface area contributed by atoms with Crippen LogP contribution in [0.25, 0.3) is 5.65 Å². The number of pyridine rings is 1. The Labute approximate surface area is 127 Å². The first-order chi connectivity index (χ1) is 10.7. The Morgan fingerprint density at radius 3 is 3.00 bits per heavy atom. The molecule has 0 saturated heterocycles. The molecule has 7 nitrogen and oxygen atoms in total. The Bertz CT molecular complexity index is 805. The van der Waals surface area contributed by atoms with Crippen molar-refractivity contribution in [3.05, 3.63) is 47.5 Å². The van der Waals surface area contributed by atoms with Gasteiger partial charge in [0.2, 0.25) is 11.8 Å². The minimum Gasteiger partial charge on any atom is -0.348 e. The van der Waals surface area contributed by atoms with Crippen LogP contribution < -0.4 is 5.32 Å². The topological polar surface area (TPSA) is 85.3 Å². The molecule has 0 aromatic carbocycles. The number of nitrogens with one attached hydrogen (secondary N) is 1. The van der Waals surface area contributed by atoms with Crippen LogP contribution in [0.15, 0.2) is 28.9 Å². The summed E-state index contributed by atoms with van der Waals surface area (Å²) < 4.78 is 6.93. The Morgan fingerprint density at radius 2 is 2.23 bits per heavy atom. The smallest absolute Gasteiger partial charge is 0.226 e. The van der Waals surface area contributed by atoms with E-state index in [0.717, 1.165) is 17.0 Å². The number of carbonyl (C=O) groups is 1. The quantitative estimate of drug-likeness (QED) is 0.770. The van der Waals surface area contributed by atoms with Gasteiger partial charge in [0, 0.05) is 12.6 Å². The molecule has 1 amide bonds. The van der Waals surface area contributed by atoms with Gasteiger partial charge in [-0.3, -0.25) is 4.79 Å². The largest absolute Gasteiger partial charge is 0.348 e. The van der Waals surface area contributed by atoms with E-state index < -0.39 is 0 Å². The predicted octanol–water partition coefficient (Wildman–Crippen LogP) is 1.45. The molecule has 0 aliphatic heterocycles. The molecule has 3 aromatic heterocycles. The summed E-state index contributed by atoms with van der Waals surface area (Å²) in [5.74, 6) is 0.957. The van der Waals surface area contributed by atoms with E-state index in [9.17, 15) is 4.79 Å². The summed E-state index contributed by atoms with van der Waals surface area (Å²) in [7, 11) is 0. The first-order valence-electron chi connectivity index (χ1n) is 7.18. The molecule has 1 N–H and O–H groups in total. The monoisotopic (exact) mass is 299 g/mol.